The van der Waals surface area contributed by atoms with E-state index in [1.54, 1.807) is 24.4 Å². The number of fused-ring (bicyclic) bond motifs is 1. The van der Waals surface area contributed by atoms with Crippen LogP contribution in [0.3, 0.4) is 0 Å². The first kappa shape index (κ1) is 22.5. The second-order valence-corrected chi connectivity index (χ2v) is 7.77. The molecule has 0 aliphatic rings. The van der Waals surface area contributed by atoms with Gasteiger partial charge in [0.1, 0.15) is 28.6 Å². The van der Waals surface area contributed by atoms with Crippen molar-refractivity contribution in [1.82, 2.24) is 14.7 Å². The van der Waals surface area contributed by atoms with E-state index in [-0.39, 0.29) is 23.6 Å². The number of hydrogen-bond acceptors (Lipinski definition) is 5. The lowest BCUT2D eigenvalue weighted by atomic mass is 10.1. The second-order valence-electron chi connectivity index (χ2n) is 7.77. The lowest BCUT2D eigenvalue weighted by molar-refractivity contribution is -0.117. The molecule has 2 aromatic carbocycles. The molecule has 168 valence electrons. The summed E-state index contributed by atoms with van der Waals surface area (Å²) in [6, 6.07) is 22.1. The Balaban J connectivity index is 1.77. The zero-order chi connectivity index (χ0) is 24.1. The van der Waals surface area contributed by atoms with Crippen LogP contribution in [0.5, 0.6) is 11.6 Å². The Morgan fingerprint density at radius 3 is 2.53 bits per heavy atom. The van der Waals surface area contributed by atoms with Gasteiger partial charge >= 0.3 is 0 Å². The van der Waals surface area contributed by atoms with Crippen molar-refractivity contribution in [2.75, 3.05) is 0 Å². The molecule has 2 aromatic heterocycles. The fourth-order valence-corrected chi connectivity index (χ4v) is 3.38. The second kappa shape index (κ2) is 9.84. The SMILES string of the molecule is Cc1ccc(Oc2nc3c(C)cccn3c(=O)c2/C=C(\C#N)C(=O)NCc2ccccc2)cc1. The highest BCUT2D eigenvalue weighted by Gasteiger charge is 2.18. The minimum atomic E-state index is -0.596. The lowest BCUT2D eigenvalue weighted by Gasteiger charge is -2.12. The molecule has 1 amide bonds. The summed E-state index contributed by atoms with van der Waals surface area (Å²) >= 11 is 0. The van der Waals surface area contributed by atoms with Crippen LogP contribution in [-0.2, 0) is 11.3 Å². The van der Waals surface area contributed by atoms with Crippen molar-refractivity contribution in [3.8, 4) is 17.7 Å². The van der Waals surface area contributed by atoms with Crippen LogP contribution in [0.4, 0.5) is 0 Å². The number of ether oxygens (including phenoxy) is 1. The van der Waals surface area contributed by atoms with Gasteiger partial charge in [-0.15, -0.1) is 0 Å². The molecule has 2 heterocycles. The van der Waals surface area contributed by atoms with Gasteiger partial charge in [0.15, 0.2) is 0 Å². The third kappa shape index (κ3) is 4.87. The summed E-state index contributed by atoms with van der Waals surface area (Å²) in [5.41, 5.74) is 2.49. The van der Waals surface area contributed by atoms with Crippen LogP contribution < -0.4 is 15.6 Å². The number of carbonyl (C=O) groups excluding carboxylic acids is 1. The van der Waals surface area contributed by atoms with Crippen LogP contribution in [0.1, 0.15) is 22.3 Å². The minimum Gasteiger partial charge on any atom is -0.438 e. The summed E-state index contributed by atoms with van der Waals surface area (Å²) in [5, 5.41) is 12.4. The van der Waals surface area contributed by atoms with Gasteiger partial charge in [-0.1, -0.05) is 54.1 Å². The molecule has 0 saturated carbocycles. The summed E-state index contributed by atoms with van der Waals surface area (Å²) in [4.78, 5) is 30.6. The zero-order valence-corrected chi connectivity index (χ0v) is 18.8. The molecule has 4 aromatic rings. The van der Waals surface area contributed by atoms with E-state index in [4.69, 9.17) is 4.74 Å². The maximum absolute atomic E-state index is 13.4. The van der Waals surface area contributed by atoms with Gasteiger partial charge in [0.05, 0.1) is 0 Å². The van der Waals surface area contributed by atoms with Gasteiger partial charge in [-0.25, -0.2) is 0 Å². The van der Waals surface area contributed by atoms with Crippen molar-refractivity contribution in [2.24, 2.45) is 0 Å². The summed E-state index contributed by atoms with van der Waals surface area (Å²) in [7, 11) is 0. The van der Waals surface area contributed by atoms with Crippen molar-refractivity contribution in [2.45, 2.75) is 20.4 Å². The van der Waals surface area contributed by atoms with Gasteiger partial charge < -0.3 is 10.1 Å². The molecule has 0 aliphatic carbocycles. The van der Waals surface area contributed by atoms with E-state index in [0.29, 0.717) is 11.4 Å². The first-order valence-corrected chi connectivity index (χ1v) is 10.7. The minimum absolute atomic E-state index is 0.00934. The Morgan fingerprint density at radius 1 is 1.09 bits per heavy atom. The van der Waals surface area contributed by atoms with Crippen LogP contribution in [0, 0.1) is 25.2 Å². The maximum atomic E-state index is 13.4. The third-order valence-corrected chi connectivity index (χ3v) is 5.23. The van der Waals surface area contributed by atoms with Gasteiger partial charge in [0, 0.05) is 12.7 Å². The Kier molecular flexibility index (Phi) is 6.51. The average molecular weight is 450 g/mol. The van der Waals surface area contributed by atoms with Gasteiger partial charge in [0.25, 0.3) is 11.5 Å². The highest BCUT2D eigenvalue weighted by atomic mass is 16.5. The number of pyridine rings is 1. The van der Waals surface area contributed by atoms with Gasteiger partial charge in [-0.3, -0.25) is 14.0 Å². The van der Waals surface area contributed by atoms with E-state index in [9.17, 15) is 14.9 Å². The Hall–Kier alpha value is -4.70. The maximum Gasteiger partial charge on any atom is 0.269 e. The van der Waals surface area contributed by atoms with E-state index in [2.05, 4.69) is 10.3 Å². The van der Waals surface area contributed by atoms with Crippen molar-refractivity contribution < 1.29 is 9.53 Å². The van der Waals surface area contributed by atoms with Crippen LogP contribution in [-0.4, -0.2) is 15.3 Å². The van der Waals surface area contributed by atoms with E-state index in [1.807, 2.05) is 68.4 Å². The van der Waals surface area contributed by atoms with Gasteiger partial charge in [-0.05, 0) is 49.2 Å². The highest BCUT2D eigenvalue weighted by Crippen LogP contribution is 2.25. The number of amides is 1. The normalized spacial score (nSPS) is 11.1. The van der Waals surface area contributed by atoms with Crippen LogP contribution >= 0.6 is 0 Å². The molecule has 0 saturated heterocycles. The average Bonchev–Trinajstić information content (AvgIpc) is 2.85. The predicted octanol–water partition coefficient (Wildman–Crippen LogP) is 4.33. The summed E-state index contributed by atoms with van der Waals surface area (Å²) in [6.45, 7) is 4.04. The molecule has 0 spiro atoms. The fraction of sp³-hybridized carbons (Fsp3) is 0.111. The highest BCUT2D eigenvalue weighted by molar-refractivity contribution is 6.01. The van der Waals surface area contributed by atoms with E-state index in [0.717, 1.165) is 16.7 Å². The molecule has 4 rings (SSSR count). The molecule has 1 N–H and O–H groups in total. The quantitative estimate of drug-likeness (QED) is 0.348. The number of carbonyl (C=O) groups is 1. The number of aromatic nitrogens is 2. The number of nitriles is 1. The standard InChI is InChI=1S/C27H22N4O3/c1-18-10-12-22(13-11-18)34-26-23(27(33)31-14-6-7-19(2)24(31)30-26)15-21(16-28)25(32)29-17-20-8-4-3-5-9-20/h3-15H,17H2,1-2H3,(H,29,32)/b21-15+. The molecule has 0 atom stereocenters. The third-order valence-electron chi connectivity index (χ3n) is 5.23. The van der Waals surface area contributed by atoms with Crippen LogP contribution in [0.2, 0.25) is 0 Å². The van der Waals surface area contributed by atoms with Crippen molar-refractivity contribution in [3.05, 3.63) is 111 Å². The first-order chi connectivity index (χ1) is 16.5. The van der Waals surface area contributed by atoms with E-state index >= 15 is 0 Å². The molecule has 0 bridgehead atoms. The fourth-order valence-electron chi connectivity index (χ4n) is 3.38. The van der Waals surface area contributed by atoms with E-state index < -0.39 is 11.5 Å². The predicted molar refractivity (Wildman–Crippen MR) is 129 cm³/mol. The van der Waals surface area contributed by atoms with Crippen molar-refractivity contribution in [1.29, 1.82) is 5.26 Å². The summed E-state index contributed by atoms with van der Waals surface area (Å²) in [5.74, 6) is -0.0924. The summed E-state index contributed by atoms with van der Waals surface area (Å²) < 4.78 is 7.33. The number of nitrogens with one attached hydrogen (secondary N) is 1. The lowest BCUT2D eigenvalue weighted by Crippen LogP contribution is -2.25. The molecular weight excluding hydrogens is 428 g/mol. The smallest absolute Gasteiger partial charge is 0.269 e. The first-order valence-electron chi connectivity index (χ1n) is 10.7. The monoisotopic (exact) mass is 450 g/mol. The zero-order valence-electron chi connectivity index (χ0n) is 18.8. The summed E-state index contributed by atoms with van der Waals surface area (Å²) in [6.07, 6.45) is 2.82. The van der Waals surface area contributed by atoms with E-state index in [1.165, 1.54) is 10.5 Å². The number of hydrogen-bond donors (Lipinski definition) is 1. The molecule has 0 fully saturated rings. The Morgan fingerprint density at radius 2 is 1.82 bits per heavy atom. The topological polar surface area (TPSA) is 96.5 Å². The molecule has 0 unspecified atom stereocenters. The molecule has 0 radical (unpaired) electrons. The van der Waals surface area contributed by atoms with Gasteiger partial charge in [0.2, 0.25) is 5.88 Å². The van der Waals surface area contributed by atoms with Crippen molar-refractivity contribution in [3.63, 3.8) is 0 Å². The molecule has 0 aliphatic heterocycles. The Bertz CT molecular complexity index is 1480. The molecule has 7 nitrogen and oxygen atoms in total. The molecule has 7 heteroatoms. The number of nitrogens with zero attached hydrogens (tertiary/aromatic N) is 3. The van der Waals surface area contributed by atoms with Crippen LogP contribution in [0.15, 0.2) is 83.3 Å². The number of rotatable bonds is 6. The van der Waals surface area contributed by atoms with Crippen molar-refractivity contribution >= 4 is 17.6 Å². The van der Waals surface area contributed by atoms with Gasteiger partial charge in [-0.2, -0.15) is 10.2 Å². The molecular formula is C27H22N4O3. The largest absolute Gasteiger partial charge is 0.438 e. The number of benzene rings is 2. The van der Waals surface area contributed by atoms with Crippen LogP contribution in [0.25, 0.3) is 11.7 Å². The Labute approximate surface area is 196 Å². The molecule has 34 heavy (non-hydrogen) atoms. The number of aryl methyl sites for hydroxylation is 2.